The Bertz CT molecular complexity index is 1210. The molecule has 1 saturated heterocycles. The first-order chi connectivity index (χ1) is 16.3. The number of benzene rings is 2. The van der Waals surface area contributed by atoms with Gasteiger partial charge < -0.3 is 20.0 Å². The lowest BCUT2D eigenvalue weighted by molar-refractivity contribution is -0.164. The van der Waals surface area contributed by atoms with Crippen molar-refractivity contribution in [2.45, 2.75) is 44.7 Å². The van der Waals surface area contributed by atoms with Gasteiger partial charge >= 0.3 is 0 Å². The molecule has 34 heavy (non-hydrogen) atoms. The first kappa shape index (κ1) is 23.8. The second kappa shape index (κ2) is 9.89. The summed E-state index contributed by atoms with van der Waals surface area (Å²) < 4.78 is 5.56. The van der Waals surface area contributed by atoms with Crippen molar-refractivity contribution in [2.75, 3.05) is 13.1 Å². The minimum absolute atomic E-state index is 0.114. The van der Waals surface area contributed by atoms with Crippen LogP contribution in [0.2, 0.25) is 5.02 Å². The zero-order valence-electron chi connectivity index (χ0n) is 19.1. The van der Waals surface area contributed by atoms with E-state index in [2.05, 4.69) is 0 Å². The van der Waals surface area contributed by atoms with Gasteiger partial charge in [0.2, 0.25) is 17.7 Å². The Labute approximate surface area is 203 Å². The molecule has 3 amide bonds. The van der Waals surface area contributed by atoms with Crippen LogP contribution in [0.25, 0.3) is 11.0 Å². The van der Waals surface area contributed by atoms with Gasteiger partial charge in [-0.3, -0.25) is 14.4 Å². The van der Waals surface area contributed by atoms with Crippen LogP contribution in [0.4, 0.5) is 0 Å². The fourth-order valence-electron chi connectivity index (χ4n) is 4.46. The van der Waals surface area contributed by atoms with Crippen molar-refractivity contribution < 1.29 is 18.8 Å². The Kier molecular flexibility index (Phi) is 6.93. The number of halogens is 1. The zero-order valence-corrected chi connectivity index (χ0v) is 19.9. The molecule has 2 N–H and O–H groups in total. The topological polar surface area (TPSA) is 96.9 Å². The smallest absolute Gasteiger partial charge is 0.248 e. The molecule has 0 saturated carbocycles. The Morgan fingerprint density at radius 1 is 1.15 bits per heavy atom. The fourth-order valence-corrected chi connectivity index (χ4v) is 4.58. The highest BCUT2D eigenvalue weighted by molar-refractivity contribution is 6.30. The average molecular weight is 482 g/mol. The number of carbonyl (C=O) groups excluding carboxylic acids is 3. The minimum atomic E-state index is -0.935. The monoisotopic (exact) mass is 481 g/mol. The number of hydrogen-bond donors (Lipinski definition) is 1. The standard InChI is InChI=1S/C26H28ClN3O4/c1-26(12-14-30(26)24(32)15-19-17-34-22-6-3-2-5-21(19)22)25(33)29(13-4-7-23(28)31)16-18-8-10-20(27)11-9-18/h2-3,5-6,8-11,17H,4,7,12-16H2,1H3,(H2,28,31). The number of furan rings is 1. The third-order valence-electron chi connectivity index (χ3n) is 6.51. The van der Waals surface area contributed by atoms with Crippen molar-refractivity contribution in [1.82, 2.24) is 9.80 Å². The normalized spacial score (nSPS) is 17.4. The third-order valence-corrected chi connectivity index (χ3v) is 6.76. The molecule has 178 valence electrons. The van der Waals surface area contributed by atoms with Crippen LogP contribution in [0.5, 0.6) is 0 Å². The van der Waals surface area contributed by atoms with Crippen LogP contribution >= 0.6 is 11.6 Å². The van der Waals surface area contributed by atoms with Crippen molar-refractivity contribution in [3.8, 4) is 0 Å². The lowest BCUT2D eigenvalue weighted by Crippen LogP contribution is -2.68. The zero-order chi connectivity index (χ0) is 24.3. The summed E-state index contributed by atoms with van der Waals surface area (Å²) in [6.07, 6.45) is 3.00. The number of nitrogens with two attached hydrogens (primary N) is 1. The Morgan fingerprint density at radius 3 is 2.56 bits per heavy atom. The van der Waals surface area contributed by atoms with E-state index in [9.17, 15) is 14.4 Å². The number of hydrogen-bond acceptors (Lipinski definition) is 4. The Balaban J connectivity index is 1.50. The second-order valence-electron chi connectivity index (χ2n) is 8.93. The van der Waals surface area contributed by atoms with E-state index in [0.717, 1.165) is 22.1 Å². The second-order valence-corrected chi connectivity index (χ2v) is 9.36. The molecule has 3 aromatic rings. The maximum absolute atomic E-state index is 13.7. The summed E-state index contributed by atoms with van der Waals surface area (Å²) in [6.45, 7) is 3.06. The SMILES string of the molecule is CC1(C(=O)N(CCCC(N)=O)Cc2ccc(Cl)cc2)CCN1C(=O)Cc1coc2ccccc12. The van der Waals surface area contributed by atoms with E-state index >= 15 is 0 Å². The predicted octanol–water partition coefficient (Wildman–Crippen LogP) is 3.91. The van der Waals surface area contributed by atoms with E-state index in [1.54, 1.807) is 28.2 Å². The van der Waals surface area contributed by atoms with Gasteiger partial charge in [-0.05, 0) is 43.5 Å². The molecule has 0 spiro atoms. The molecule has 1 aromatic heterocycles. The van der Waals surface area contributed by atoms with Crippen molar-refractivity contribution in [3.05, 3.63) is 70.9 Å². The molecule has 1 atom stereocenters. The van der Waals surface area contributed by atoms with Crippen LogP contribution in [0.15, 0.2) is 59.2 Å². The summed E-state index contributed by atoms with van der Waals surface area (Å²) in [5.74, 6) is -0.654. The molecule has 0 bridgehead atoms. The summed E-state index contributed by atoms with van der Waals surface area (Å²) in [5, 5.41) is 1.52. The number of nitrogens with zero attached hydrogens (tertiary/aromatic N) is 2. The van der Waals surface area contributed by atoms with E-state index < -0.39 is 11.4 Å². The molecule has 1 unspecified atom stereocenters. The average Bonchev–Trinajstić information content (AvgIpc) is 3.20. The molecule has 0 radical (unpaired) electrons. The summed E-state index contributed by atoms with van der Waals surface area (Å²) >= 11 is 6.00. The minimum Gasteiger partial charge on any atom is -0.464 e. The number of amides is 3. The number of primary amides is 1. The number of carbonyl (C=O) groups is 3. The van der Waals surface area contributed by atoms with Gasteiger partial charge in [0.25, 0.3) is 0 Å². The number of fused-ring (bicyclic) bond motifs is 1. The molecule has 0 aliphatic carbocycles. The first-order valence-corrected chi connectivity index (χ1v) is 11.7. The van der Waals surface area contributed by atoms with Crippen LogP contribution in [0.3, 0.4) is 0 Å². The molecule has 8 heteroatoms. The van der Waals surface area contributed by atoms with Gasteiger partial charge in [-0.2, -0.15) is 0 Å². The molecular formula is C26H28ClN3O4. The van der Waals surface area contributed by atoms with Gasteiger partial charge in [-0.25, -0.2) is 0 Å². The van der Waals surface area contributed by atoms with E-state index in [1.807, 2.05) is 43.3 Å². The van der Waals surface area contributed by atoms with Crippen LogP contribution in [0.1, 0.15) is 37.3 Å². The van der Waals surface area contributed by atoms with E-state index in [-0.39, 0.29) is 24.7 Å². The summed E-state index contributed by atoms with van der Waals surface area (Å²) in [6, 6.07) is 14.9. The molecular weight excluding hydrogens is 454 g/mol. The van der Waals surface area contributed by atoms with Crippen LogP contribution in [-0.4, -0.2) is 46.1 Å². The Morgan fingerprint density at radius 2 is 1.88 bits per heavy atom. The van der Waals surface area contributed by atoms with Gasteiger partial charge in [-0.1, -0.05) is 41.9 Å². The number of para-hydroxylation sites is 1. The Hall–Kier alpha value is -3.32. The van der Waals surface area contributed by atoms with E-state index in [0.29, 0.717) is 37.5 Å². The van der Waals surface area contributed by atoms with Gasteiger partial charge in [0.05, 0.1) is 12.7 Å². The van der Waals surface area contributed by atoms with Crippen molar-refractivity contribution in [2.24, 2.45) is 5.73 Å². The van der Waals surface area contributed by atoms with Crippen LogP contribution < -0.4 is 5.73 Å². The largest absolute Gasteiger partial charge is 0.464 e. The van der Waals surface area contributed by atoms with Crippen molar-refractivity contribution >= 4 is 40.3 Å². The van der Waals surface area contributed by atoms with Gasteiger partial charge in [0, 0.05) is 42.0 Å². The van der Waals surface area contributed by atoms with Gasteiger partial charge in [0.1, 0.15) is 11.1 Å². The molecule has 2 heterocycles. The molecule has 2 aromatic carbocycles. The van der Waals surface area contributed by atoms with E-state index in [1.165, 1.54) is 0 Å². The lowest BCUT2D eigenvalue weighted by Gasteiger charge is -2.51. The van der Waals surface area contributed by atoms with Crippen LogP contribution in [0, 0.1) is 0 Å². The summed E-state index contributed by atoms with van der Waals surface area (Å²) in [4.78, 5) is 41.5. The van der Waals surface area contributed by atoms with Crippen LogP contribution in [-0.2, 0) is 27.3 Å². The van der Waals surface area contributed by atoms with Gasteiger partial charge in [0.15, 0.2) is 0 Å². The summed E-state index contributed by atoms with van der Waals surface area (Å²) in [7, 11) is 0. The highest BCUT2D eigenvalue weighted by Gasteiger charge is 2.50. The van der Waals surface area contributed by atoms with Crippen molar-refractivity contribution in [3.63, 3.8) is 0 Å². The highest BCUT2D eigenvalue weighted by Crippen LogP contribution is 2.34. The first-order valence-electron chi connectivity index (χ1n) is 11.4. The maximum Gasteiger partial charge on any atom is 0.248 e. The lowest BCUT2D eigenvalue weighted by atomic mass is 9.84. The quantitative estimate of drug-likeness (QED) is 0.501. The predicted molar refractivity (Wildman–Crippen MR) is 130 cm³/mol. The molecule has 7 nitrogen and oxygen atoms in total. The maximum atomic E-state index is 13.7. The fraction of sp³-hybridized carbons (Fsp3) is 0.346. The molecule has 4 rings (SSSR count). The number of likely N-dealkylation sites (tertiary alicyclic amines) is 1. The molecule has 1 fully saturated rings. The highest BCUT2D eigenvalue weighted by atomic mass is 35.5. The summed E-state index contributed by atoms with van der Waals surface area (Å²) in [5.41, 5.74) is 6.82. The van der Waals surface area contributed by atoms with Crippen molar-refractivity contribution in [1.29, 1.82) is 0 Å². The molecule has 1 aliphatic heterocycles. The number of rotatable bonds is 9. The van der Waals surface area contributed by atoms with Gasteiger partial charge in [-0.15, -0.1) is 0 Å². The van der Waals surface area contributed by atoms with E-state index in [4.69, 9.17) is 21.8 Å². The molecule has 1 aliphatic rings. The third kappa shape index (κ3) is 4.94.